The van der Waals surface area contributed by atoms with E-state index in [1.54, 1.807) is 4.68 Å². The van der Waals surface area contributed by atoms with E-state index in [1.165, 1.54) is 0 Å². The van der Waals surface area contributed by atoms with Gasteiger partial charge >= 0.3 is 0 Å². The summed E-state index contributed by atoms with van der Waals surface area (Å²) in [5.41, 5.74) is 3.39. The van der Waals surface area contributed by atoms with Crippen LogP contribution in [0.2, 0.25) is 0 Å². The SMILES string of the molecule is Cc1ccn(-c2nc(NN)nc(N3CCCC3)n2)n1. The second-order valence-corrected chi connectivity index (χ2v) is 4.50. The molecule has 1 fully saturated rings. The van der Waals surface area contributed by atoms with Crippen LogP contribution in [0.15, 0.2) is 12.3 Å². The maximum atomic E-state index is 5.42. The Morgan fingerprint density at radius 3 is 2.53 bits per heavy atom. The average Bonchev–Trinajstić information content (AvgIpc) is 3.09. The molecule has 0 aromatic carbocycles. The van der Waals surface area contributed by atoms with Crippen LogP contribution < -0.4 is 16.2 Å². The number of hydrogen-bond donors (Lipinski definition) is 2. The lowest BCUT2D eigenvalue weighted by Crippen LogP contribution is -2.23. The van der Waals surface area contributed by atoms with Gasteiger partial charge in [0.2, 0.25) is 11.9 Å². The molecule has 3 N–H and O–H groups in total. The van der Waals surface area contributed by atoms with Crippen molar-refractivity contribution in [3.8, 4) is 5.95 Å². The van der Waals surface area contributed by atoms with Gasteiger partial charge in [0, 0.05) is 19.3 Å². The van der Waals surface area contributed by atoms with Crippen LogP contribution in [0, 0.1) is 6.92 Å². The van der Waals surface area contributed by atoms with Gasteiger partial charge < -0.3 is 4.90 Å². The maximum absolute atomic E-state index is 5.42. The van der Waals surface area contributed by atoms with E-state index < -0.39 is 0 Å². The molecule has 0 aliphatic carbocycles. The molecule has 0 radical (unpaired) electrons. The fourth-order valence-corrected chi connectivity index (χ4v) is 2.11. The summed E-state index contributed by atoms with van der Waals surface area (Å²) < 4.78 is 1.62. The predicted molar refractivity (Wildman–Crippen MR) is 70.9 cm³/mol. The smallest absolute Gasteiger partial charge is 0.257 e. The van der Waals surface area contributed by atoms with Crippen LogP contribution in [0.25, 0.3) is 5.95 Å². The van der Waals surface area contributed by atoms with E-state index in [1.807, 2.05) is 19.2 Å². The molecule has 8 nitrogen and oxygen atoms in total. The lowest BCUT2D eigenvalue weighted by atomic mass is 10.4. The summed E-state index contributed by atoms with van der Waals surface area (Å²) in [6.07, 6.45) is 4.14. The van der Waals surface area contributed by atoms with E-state index in [2.05, 4.69) is 30.4 Å². The number of anilines is 2. The Bertz CT molecular complexity index is 572. The van der Waals surface area contributed by atoms with Crippen LogP contribution in [0.4, 0.5) is 11.9 Å². The number of nitrogen functional groups attached to an aromatic ring is 1. The van der Waals surface area contributed by atoms with Gasteiger partial charge in [-0.15, -0.1) is 0 Å². The molecular weight excluding hydrogens is 244 g/mol. The number of rotatable bonds is 3. The number of hydrazine groups is 1. The summed E-state index contributed by atoms with van der Waals surface area (Å²) in [4.78, 5) is 15.1. The number of aromatic nitrogens is 5. The first kappa shape index (κ1) is 11.8. The molecule has 19 heavy (non-hydrogen) atoms. The molecule has 0 spiro atoms. The standard InChI is InChI=1S/C11H16N8/c1-8-4-7-19(17-8)11-14-9(16-12)13-10(15-11)18-5-2-3-6-18/h4,7H,2-3,5-6,12H2,1H3,(H,13,14,15,16). The number of nitrogens with zero attached hydrogens (tertiary/aromatic N) is 6. The molecule has 0 bridgehead atoms. The zero-order valence-electron chi connectivity index (χ0n) is 10.7. The minimum Gasteiger partial charge on any atom is -0.341 e. The molecule has 1 saturated heterocycles. The molecule has 2 aromatic heterocycles. The summed E-state index contributed by atoms with van der Waals surface area (Å²) in [6.45, 7) is 3.85. The highest BCUT2D eigenvalue weighted by atomic mass is 15.4. The van der Waals surface area contributed by atoms with E-state index in [0.29, 0.717) is 17.8 Å². The van der Waals surface area contributed by atoms with E-state index in [4.69, 9.17) is 5.84 Å². The number of aryl methyl sites for hydroxylation is 1. The van der Waals surface area contributed by atoms with Gasteiger partial charge in [0.1, 0.15) is 0 Å². The van der Waals surface area contributed by atoms with E-state index in [-0.39, 0.29) is 0 Å². The molecule has 0 unspecified atom stereocenters. The monoisotopic (exact) mass is 260 g/mol. The van der Waals surface area contributed by atoms with Crippen LogP contribution >= 0.6 is 0 Å². The minimum absolute atomic E-state index is 0.347. The Labute approximate surface area is 110 Å². The molecular formula is C11H16N8. The highest BCUT2D eigenvalue weighted by Gasteiger charge is 2.17. The first-order valence-electron chi connectivity index (χ1n) is 6.26. The Kier molecular flexibility index (Phi) is 3.00. The van der Waals surface area contributed by atoms with Gasteiger partial charge in [-0.25, -0.2) is 10.5 Å². The Hall–Kier alpha value is -2.22. The minimum atomic E-state index is 0.347. The largest absolute Gasteiger partial charge is 0.341 e. The first-order valence-corrected chi connectivity index (χ1v) is 6.26. The van der Waals surface area contributed by atoms with Gasteiger partial charge in [0.15, 0.2) is 0 Å². The van der Waals surface area contributed by atoms with Crippen LogP contribution in [-0.2, 0) is 0 Å². The van der Waals surface area contributed by atoms with Gasteiger partial charge in [0.05, 0.1) is 5.69 Å². The fraction of sp³-hybridized carbons (Fsp3) is 0.455. The molecule has 1 aliphatic heterocycles. The van der Waals surface area contributed by atoms with Crippen molar-refractivity contribution in [1.82, 2.24) is 24.7 Å². The topological polar surface area (TPSA) is 97.8 Å². The van der Waals surface area contributed by atoms with Crippen LogP contribution in [0.1, 0.15) is 18.5 Å². The first-order chi connectivity index (χ1) is 9.26. The van der Waals surface area contributed by atoms with Crippen molar-refractivity contribution in [3.63, 3.8) is 0 Å². The molecule has 2 aromatic rings. The van der Waals surface area contributed by atoms with Crippen molar-refractivity contribution >= 4 is 11.9 Å². The summed E-state index contributed by atoms with van der Waals surface area (Å²) in [5, 5.41) is 4.30. The summed E-state index contributed by atoms with van der Waals surface area (Å²) >= 11 is 0. The van der Waals surface area contributed by atoms with E-state index >= 15 is 0 Å². The van der Waals surface area contributed by atoms with E-state index in [0.717, 1.165) is 31.6 Å². The molecule has 0 amide bonds. The summed E-state index contributed by atoms with van der Waals surface area (Å²) in [6, 6.07) is 1.90. The van der Waals surface area contributed by atoms with Crippen molar-refractivity contribution in [3.05, 3.63) is 18.0 Å². The lowest BCUT2D eigenvalue weighted by Gasteiger charge is -2.16. The lowest BCUT2D eigenvalue weighted by molar-refractivity contribution is 0.771. The highest BCUT2D eigenvalue weighted by molar-refractivity contribution is 5.40. The second-order valence-electron chi connectivity index (χ2n) is 4.50. The Balaban J connectivity index is 2.01. The average molecular weight is 260 g/mol. The molecule has 0 saturated carbocycles. The van der Waals surface area contributed by atoms with Crippen molar-refractivity contribution < 1.29 is 0 Å². The third-order valence-electron chi connectivity index (χ3n) is 3.06. The van der Waals surface area contributed by atoms with Crippen molar-refractivity contribution in [2.45, 2.75) is 19.8 Å². The van der Waals surface area contributed by atoms with Crippen molar-refractivity contribution in [2.24, 2.45) is 5.84 Å². The van der Waals surface area contributed by atoms with Gasteiger partial charge in [-0.05, 0) is 25.8 Å². The normalized spacial score (nSPS) is 14.9. The van der Waals surface area contributed by atoms with Gasteiger partial charge in [0.25, 0.3) is 5.95 Å². The molecule has 3 rings (SSSR count). The third-order valence-corrected chi connectivity index (χ3v) is 3.06. The van der Waals surface area contributed by atoms with Crippen molar-refractivity contribution in [1.29, 1.82) is 0 Å². The zero-order valence-corrected chi connectivity index (χ0v) is 10.7. The number of nitrogens with one attached hydrogen (secondary N) is 1. The highest BCUT2D eigenvalue weighted by Crippen LogP contribution is 2.17. The Morgan fingerprint density at radius 2 is 1.89 bits per heavy atom. The number of nitrogens with two attached hydrogens (primary N) is 1. The van der Waals surface area contributed by atoms with Gasteiger partial charge in [-0.1, -0.05) is 0 Å². The molecule has 3 heterocycles. The van der Waals surface area contributed by atoms with Gasteiger partial charge in [-0.3, -0.25) is 5.43 Å². The summed E-state index contributed by atoms with van der Waals surface area (Å²) in [7, 11) is 0. The van der Waals surface area contributed by atoms with Crippen LogP contribution in [-0.4, -0.2) is 37.8 Å². The molecule has 8 heteroatoms. The molecule has 0 atom stereocenters. The van der Waals surface area contributed by atoms with Gasteiger partial charge in [-0.2, -0.15) is 20.1 Å². The second kappa shape index (κ2) is 4.81. The van der Waals surface area contributed by atoms with Crippen molar-refractivity contribution in [2.75, 3.05) is 23.4 Å². The zero-order chi connectivity index (χ0) is 13.2. The number of hydrogen-bond acceptors (Lipinski definition) is 7. The fourth-order valence-electron chi connectivity index (χ4n) is 2.11. The van der Waals surface area contributed by atoms with E-state index in [9.17, 15) is 0 Å². The van der Waals surface area contributed by atoms with Crippen LogP contribution in [0.5, 0.6) is 0 Å². The quantitative estimate of drug-likeness (QED) is 0.603. The third kappa shape index (κ3) is 2.34. The maximum Gasteiger partial charge on any atom is 0.257 e. The molecule has 1 aliphatic rings. The predicted octanol–water partition coefficient (Wildman–Crippen LogP) is 0.252. The molecule has 100 valence electrons. The van der Waals surface area contributed by atoms with Crippen LogP contribution in [0.3, 0.4) is 0 Å². The summed E-state index contributed by atoms with van der Waals surface area (Å²) in [5.74, 6) is 6.88. The Morgan fingerprint density at radius 1 is 1.16 bits per heavy atom.